The van der Waals surface area contributed by atoms with E-state index in [1.165, 1.54) is 29.5 Å². The van der Waals surface area contributed by atoms with Crippen molar-refractivity contribution in [1.29, 1.82) is 0 Å². The van der Waals surface area contributed by atoms with Gasteiger partial charge in [-0.05, 0) is 78.6 Å². The van der Waals surface area contributed by atoms with Crippen LogP contribution in [0.4, 0.5) is 4.39 Å². The molecular formula is C23H29ClFN. The SMILES string of the molecule is CC(C)(C)CCCN1Cc2ccc(Cl)cc2CC1Cc1ccc(F)cc1. The second-order valence-corrected chi connectivity index (χ2v) is 9.17. The highest BCUT2D eigenvalue weighted by Gasteiger charge is 2.26. The molecule has 3 heteroatoms. The summed E-state index contributed by atoms with van der Waals surface area (Å²) in [4.78, 5) is 2.60. The topological polar surface area (TPSA) is 3.24 Å². The number of benzene rings is 2. The fourth-order valence-electron chi connectivity index (χ4n) is 3.84. The lowest BCUT2D eigenvalue weighted by Crippen LogP contribution is -2.42. The zero-order valence-corrected chi connectivity index (χ0v) is 16.8. The first kappa shape index (κ1) is 19.4. The van der Waals surface area contributed by atoms with Gasteiger partial charge in [0.2, 0.25) is 0 Å². The Morgan fingerprint density at radius 1 is 1.08 bits per heavy atom. The summed E-state index contributed by atoms with van der Waals surface area (Å²) in [5.74, 6) is -0.170. The molecule has 0 aromatic heterocycles. The fourth-order valence-corrected chi connectivity index (χ4v) is 4.03. The van der Waals surface area contributed by atoms with Crippen LogP contribution < -0.4 is 0 Å². The molecule has 26 heavy (non-hydrogen) atoms. The first-order valence-electron chi connectivity index (χ1n) is 9.56. The average molecular weight is 374 g/mol. The molecule has 1 nitrogen and oxygen atoms in total. The summed E-state index contributed by atoms with van der Waals surface area (Å²) >= 11 is 6.22. The zero-order chi connectivity index (χ0) is 18.7. The fraction of sp³-hybridized carbons (Fsp3) is 0.478. The molecule has 0 saturated heterocycles. The third kappa shape index (κ3) is 5.31. The summed E-state index contributed by atoms with van der Waals surface area (Å²) in [5.41, 5.74) is 4.31. The Morgan fingerprint density at radius 2 is 1.81 bits per heavy atom. The van der Waals surface area contributed by atoms with Crippen LogP contribution in [0.25, 0.3) is 0 Å². The van der Waals surface area contributed by atoms with Crippen molar-refractivity contribution in [2.24, 2.45) is 5.41 Å². The Bertz CT molecular complexity index is 733. The van der Waals surface area contributed by atoms with E-state index in [2.05, 4.69) is 37.8 Å². The van der Waals surface area contributed by atoms with Crippen molar-refractivity contribution in [2.45, 2.75) is 59.0 Å². The van der Waals surface area contributed by atoms with E-state index in [9.17, 15) is 4.39 Å². The molecular weight excluding hydrogens is 345 g/mol. The maximum Gasteiger partial charge on any atom is 0.123 e. The molecule has 0 saturated carbocycles. The number of hydrogen-bond donors (Lipinski definition) is 0. The van der Waals surface area contributed by atoms with E-state index in [1.54, 1.807) is 12.1 Å². The first-order valence-corrected chi connectivity index (χ1v) is 9.94. The van der Waals surface area contributed by atoms with Crippen LogP contribution in [0.3, 0.4) is 0 Å². The Balaban J connectivity index is 1.75. The molecule has 0 N–H and O–H groups in total. The quantitative estimate of drug-likeness (QED) is 0.596. The van der Waals surface area contributed by atoms with Crippen LogP contribution in [0.15, 0.2) is 42.5 Å². The normalized spacial score (nSPS) is 18.0. The lowest BCUT2D eigenvalue weighted by Gasteiger charge is -2.38. The van der Waals surface area contributed by atoms with E-state index in [0.717, 1.165) is 31.0 Å². The van der Waals surface area contributed by atoms with Gasteiger partial charge in [0.25, 0.3) is 0 Å². The van der Waals surface area contributed by atoms with Gasteiger partial charge in [0, 0.05) is 17.6 Å². The molecule has 2 aromatic carbocycles. The summed E-state index contributed by atoms with van der Waals surface area (Å²) in [6.07, 6.45) is 4.37. The Hall–Kier alpha value is -1.38. The monoisotopic (exact) mass is 373 g/mol. The van der Waals surface area contributed by atoms with Crippen molar-refractivity contribution >= 4 is 11.6 Å². The van der Waals surface area contributed by atoms with Gasteiger partial charge in [-0.3, -0.25) is 4.90 Å². The minimum absolute atomic E-state index is 0.170. The van der Waals surface area contributed by atoms with E-state index in [-0.39, 0.29) is 5.82 Å². The Morgan fingerprint density at radius 3 is 2.50 bits per heavy atom. The van der Waals surface area contributed by atoms with Gasteiger partial charge in [0.1, 0.15) is 5.82 Å². The van der Waals surface area contributed by atoms with Crippen molar-refractivity contribution < 1.29 is 4.39 Å². The third-order valence-corrected chi connectivity index (χ3v) is 5.51. The van der Waals surface area contributed by atoms with Crippen molar-refractivity contribution in [1.82, 2.24) is 4.90 Å². The van der Waals surface area contributed by atoms with Crippen LogP contribution in [-0.2, 0) is 19.4 Å². The number of nitrogens with zero attached hydrogens (tertiary/aromatic N) is 1. The molecule has 0 bridgehead atoms. The highest BCUT2D eigenvalue weighted by Crippen LogP contribution is 2.29. The molecule has 2 aromatic rings. The predicted molar refractivity (Wildman–Crippen MR) is 108 cm³/mol. The lowest BCUT2D eigenvalue weighted by atomic mass is 9.88. The van der Waals surface area contributed by atoms with Crippen LogP contribution >= 0.6 is 11.6 Å². The van der Waals surface area contributed by atoms with Crippen molar-refractivity contribution in [2.75, 3.05) is 6.54 Å². The van der Waals surface area contributed by atoms with Crippen molar-refractivity contribution in [3.8, 4) is 0 Å². The Labute approximate surface area is 162 Å². The first-order chi connectivity index (χ1) is 12.3. The van der Waals surface area contributed by atoms with Gasteiger partial charge >= 0.3 is 0 Å². The van der Waals surface area contributed by atoms with E-state index >= 15 is 0 Å². The molecule has 1 aliphatic rings. The van der Waals surface area contributed by atoms with Crippen LogP contribution in [-0.4, -0.2) is 17.5 Å². The van der Waals surface area contributed by atoms with Gasteiger partial charge in [-0.1, -0.05) is 50.6 Å². The second-order valence-electron chi connectivity index (χ2n) is 8.74. The maximum absolute atomic E-state index is 13.2. The summed E-state index contributed by atoms with van der Waals surface area (Å²) in [5, 5.41) is 0.811. The van der Waals surface area contributed by atoms with Gasteiger partial charge in [-0.25, -0.2) is 4.39 Å². The Kier molecular flexibility index (Phi) is 6.04. The molecule has 1 atom stereocenters. The molecule has 0 radical (unpaired) electrons. The minimum atomic E-state index is -0.170. The van der Waals surface area contributed by atoms with E-state index in [0.29, 0.717) is 11.5 Å². The van der Waals surface area contributed by atoms with E-state index in [4.69, 9.17) is 11.6 Å². The van der Waals surface area contributed by atoms with Crippen LogP contribution in [0.1, 0.15) is 50.3 Å². The summed E-state index contributed by atoms with van der Waals surface area (Å²) < 4.78 is 13.2. The number of halogens is 2. The van der Waals surface area contributed by atoms with Gasteiger partial charge in [0.15, 0.2) is 0 Å². The highest BCUT2D eigenvalue weighted by molar-refractivity contribution is 6.30. The second kappa shape index (κ2) is 8.10. The number of rotatable bonds is 5. The molecule has 0 aliphatic carbocycles. The lowest BCUT2D eigenvalue weighted by molar-refractivity contribution is 0.159. The van der Waals surface area contributed by atoms with Gasteiger partial charge in [0.05, 0.1) is 0 Å². The van der Waals surface area contributed by atoms with Crippen molar-refractivity contribution in [3.63, 3.8) is 0 Å². The number of fused-ring (bicyclic) bond motifs is 1. The molecule has 1 unspecified atom stereocenters. The van der Waals surface area contributed by atoms with E-state index < -0.39 is 0 Å². The maximum atomic E-state index is 13.2. The minimum Gasteiger partial charge on any atom is -0.295 e. The van der Waals surface area contributed by atoms with Crippen LogP contribution in [0, 0.1) is 11.2 Å². The molecule has 0 fully saturated rings. The van der Waals surface area contributed by atoms with Gasteiger partial charge in [-0.2, -0.15) is 0 Å². The predicted octanol–water partition coefficient (Wildman–Crippen LogP) is 6.27. The van der Waals surface area contributed by atoms with Crippen molar-refractivity contribution in [3.05, 3.63) is 70.0 Å². The summed E-state index contributed by atoms with van der Waals surface area (Å²) in [7, 11) is 0. The molecule has 1 aliphatic heterocycles. The smallest absolute Gasteiger partial charge is 0.123 e. The largest absolute Gasteiger partial charge is 0.295 e. The van der Waals surface area contributed by atoms with Gasteiger partial charge in [-0.15, -0.1) is 0 Å². The number of hydrogen-bond acceptors (Lipinski definition) is 1. The van der Waals surface area contributed by atoms with Gasteiger partial charge < -0.3 is 0 Å². The van der Waals surface area contributed by atoms with Crippen LogP contribution in [0.2, 0.25) is 5.02 Å². The molecule has 140 valence electrons. The summed E-state index contributed by atoms with van der Waals surface area (Å²) in [6.45, 7) is 8.98. The third-order valence-electron chi connectivity index (χ3n) is 5.27. The molecule has 0 spiro atoms. The van der Waals surface area contributed by atoms with E-state index in [1.807, 2.05) is 18.2 Å². The average Bonchev–Trinajstić information content (AvgIpc) is 2.56. The standard InChI is InChI=1S/C23H29ClFN/c1-23(2,3)11-4-12-26-16-18-7-8-20(24)14-19(18)15-22(26)13-17-5-9-21(25)10-6-17/h5-10,14,22H,4,11-13,15-16H2,1-3H3. The molecule has 3 rings (SSSR count). The summed E-state index contributed by atoms with van der Waals surface area (Å²) in [6, 6.07) is 13.7. The molecule has 1 heterocycles. The zero-order valence-electron chi connectivity index (χ0n) is 16.1. The van der Waals surface area contributed by atoms with Crippen LogP contribution in [0.5, 0.6) is 0 Å². The highest BCUT2D eigenvalue weighted by atomic mass is 35.5. The molecule has 0 amide bonds.